The van der Waals surface area contributed by atoms with Gasteiger partial charge in [-0.25, -0.2) is 0 Å². The minimum atomic E-state index is 1.06. The number of hydrogen-bond donors (Lipinski definition) is 0. The number of hydrogen-bond acceptors (Lipinski definition) is 1. The fraction of sp³-hybridized carbons (Fsp3) is 0.379. The van der Waals surface area contributed by atoms with Gasteiger partial charge < -0.3 is 0 Å². The smallest absolute Gasteiger partial charge is 0.0236 e. The van der Waals surface area contributed by atoms with Crippen molar-refractivity contribution >= 4 is 0 Å². The molecule has 0 radical (unpaired) electrons. The Kier molecular flexibility index (Phi) is 5.03. The molecule has 1 nitrogen and oxygen atoms in total. The molecule has 3 aromatic carbocycles. The first-order valence-electron chi connectivity index (χ1n) is 11.8. The third-order valence-corrected chi connectivity index (χ3v) is 7.48. The highest BCUT2D eigenvalue weighted by atomic mass is 15.1. The van der Waals surface area contributed by atoms with Crippen molar-refractivity contribution in [1.82, 2.24) is 4.90 Å². The fourth-order valence-corrected chi connectivity index (χ4v) is 6.01. The lowest BCUT2D eigenvalue weighted by Crippen LogP contribution is -2.22. The molecule has 0 spiro atoms. The summed E-state index contributed by atoms with van der Waals surface area (Å²) in [6.45, 7) is 12.5. The van der Waals surface area contributed by atoms with Crippen molar-refractivity contribution in [2.75, 3.05) is 13.1 Å². The molecule has 0 unspecified atom stereocenters. The summed E-state index contributed by atoms with van der Waals surface area (Å²) in [5.41, 5.74) is 17.2. The summed E-state index contributed by atoms with van der Waals surface area (Å²) in [5, 5.41) is 0. The predicted molar refractivity (Wildman–Crippen MR) is 128 cm³/mol. The van der Waals surface area contributed by atoms with Crippen LogP contribution in [0, 0.1) is 0 Å². The lowest BCUT2D eigenvalue weighted by atomic mass is 9.84. The van der Waals surface area contributed by atoms with Gasteiger partial charge in [-0.3, -0.25) is 4.90 Å². The van der Waals surface area contributed by atoms with Crippen molar-refractivity contribution < 1.29 is 0 Å². The van der Waals surface area contributed by atoms with E-state index >= 15 is 0 Å². The molecule has 0 saturated carbocycles. The normalized spacial score (nSPS) is 13.4. The van der Waals surface area contributed by atoms with Crippen LogP contribution < -0.4 is 0 Å². The monoisotopic (exact) mass is 395 g/mol. The van der Waals surface area contributed by atoms with Crippen molar-refractivity contribution in [3.63, 3.8) is 0 Å². The maximum Gasteiger partial charge on any atom is 0.0236 e. The topological polar surface area (TPSA) is 3.24 Å². The number of benzene rings is 3. The maximum atomic E-state index is 2.54. The molecule has 1 heteroatoms. The van der Waals surface area contributed by atoms with E-state index in [1.54, 1.807) is 38.9 Å². The molecule has 0 amide bonds. The highest BCUT2D eigenvalue weighted by Crippen LogP contribution is 2.51. The molecule has 0 aromatic heterocycles. The van der Waals surface area contributed by atoms with Crippen LogP contribution in [-0.4, -0.2) is 18.0 Å². The van der Waals surface area contributed by atoms with Gasteiger partial charge >= 0.3 is 0 Å². The van der Waals surface area contributed by atoms with Gasteiger partial charge in [0.15, 0.2) is 0 Å². The zero-order chi connectivity index (χ0) is 20.8. The third-order valence-electron chi connectivity index (χ3n) is 7.48. The van der Waals surface area contributed by atoms with E-state index in [4.69, 9.17) is 0 Å². The highest BCUT2D eigenvalue weighted by molar-refractivity contribution is 5.93. The third kappa shape index (κ3) is 2.79. The molecule has 2 aliphatic carbocycles. The molecule has 154 valence electrons. The van der Waals surface area contributed by atoms with Gasteiger partial charge in [0.1, 0.15) is 0 Å². The quantitative estimate of drug-likeness (QED) is 0.306. The van der Waals surface area contributed by atoms with Crippen molar-refractivity contribution in [3.8, 4) is 22.3 Å². The molecule has 2 aliphatic rings. The first kappa shape index (κ1) is 19.6. The van der Waals surface area contributed by atoms with Crippen molar-refractivity contribution in [3.05, 3.63) is 81.4 Å². The van der Waals surface area contributed by atoms with Crippen molar-refractivity contribution in [2.24, 2.45) is 0 Å². The number of nitrogens with zero attached hydrogens (tertiary/aromatic N) is 1. The van der Waals surface area contributed by atoms with Gasteiger partial charge in [-0.2, -0.15) is 0 Å². The molecular weight excluding hydrogens is 362 g/mol. The van der Waals surface area contributed by atoms with Gasteiger partial charge in [-0.05, 0) is 100.0 Å². The maximum absolute atomic E-state index is 2.54. The average molecular weight is 396 g/mol. The van der Waals surface area contributed by atoms with Crippen LogP contribution in [0.2, 0.25) is 0 Å². The van der Waals surface area contributed by atoms with Crippen LogP contribution in [0.1, 0.15) is 66.6 Å². The molecule has 0 fully saturated rings. The Morgan fingerprint density at radius 1 is 0.667 bits per heavy atom. The van der Waals surface area contributed by atoms with Gasteiger partial charge in [0.2, 0.25) is 0 Å². The zero-order valence-corrected chi connectivity index (χ0v) is 18.9. The summed E-state index contributed by atoms with van der Waals surface area (Å²) >= 11 is 0. The summed E-state index contributed by atoms with van der Waals surface area (Å²) in [6.07, 6.45) is 4.45. The van der Waals surface area contributed by atoms with Gasteiger partial charge in [-0.1, -0.05) is 70.2 Å². The molecule has 30 heavy (non-hydrogen) atoms. The Bertz CT molecular complexity index is 1120. The molecule has 0 atom stereocenters. The standard InChI is InChI=1S/C29H33N/c1-5-21-22(6-2)28-23-14-10-9-12-19(23)16-27(28)29-24-15-11-13-20(18-30(7-3)8-4)25(24)17-26(21)29/h9-15H,5-8,16-18H2,1-4H3. The Balaban J connectivity index is 1.75. The predicted octanol–water partition coefficient (Wildman–Crippen LogP) is 6.80. The lowest BCUT2D eigenvalue weighted by molar-refractivity contribution is 0.295. The lowest BCUT2D eigenvalue weighted by Gasteiger charge is -2.20. The SMILES string of the molecule is CCc1c(CC)c2c(c3c1Cc1c(CN(CC)CC)cccc1-3)Cc1ccccc1-2. The summed E-state index contributed by atoms with van der Waals surface area (Å²) in [6, 6.07) is 16.1. The van der Waals surface area contributed by atoms with E-state index in [9.17, 15) is 0 Å². The van der Waals surface area contributed by atoms with E-state index < -0.39 is 0 Å². The summed E-state index contributed by atoms with van der Waals surface area (Å²) < 4.78 is 0. The largest absolute Gasteiger partial charge is 0.300 e. The van der Waals surface area contributed by atoms with Crippen LogP contribution in [0.25, 0.3) is 22.3 Å². The van der Waals surface area contributed by atoms with Gasteiger partial charge in [-0.15, -0.1) is 0 Å². The summed E-state index contributed by atoms with van der Waals surface area (Å²) in [7, 11) is 0. The minimum absolute atomic E-state index is 1.06. The van der Waals surface area contributed by atoms with Crippen LogP contribution in [0.4, 0.5) is 0 Å². The van der Waals surface area contributed by atoms with Crippen LogP contribution in [0.5, 0.6) is 0 Å². The molecule has 0 N–H and O–H groups in total. The van der Waals surface area contributed by atoms with Crippen molar-refractivity contribution in [2.45, 2.75) is 59.9 Å². The van der Waals surface area contributed by atoms with Crippen LogP contribution >= 0.6 is 0 Å². The Hall–Kier alpha value is -2.38. The second-order valence-corrected chi connectivity index (χ2v) is 8.79. The molecule has 0 aliphatic heterocycles. The van der Waals surface area contributed by atoms with E-state index in [0.717, 1.165) is 45.3 Å². The fourth-order valence-electron chi connectivity index (χ4n) is 6.01. The summed E-state index contributed by atoms with van der Waals surface area (Å²) in [5.74, 6) is 0. The first-order valence-corrected chi connectivity index (χ1v) is 11.8. The van der Waals surface area contributed by atoms with E-state index in [1.807, 2.05) is 0 Å². The van der Waals surface area contributed by atoms with Crippen LogP contribution in [0.15, 0.2) is 42.5 Å². The molecule has 5 rings (SSSR count). The van der Waals surface area contributed by atoms with E-state index in [0.29, 0.717) is 0 Å². The van der Waals surface area contributed by atoms with Crippen LogP contribution in [0.3, 0.4) is 0 Å². The van der Waals surface area contributed by atoms with Gasteiger partial charge in [0.25, 0.3) is 0 Å². The average Bonchev–Trinajstić information content (AvgIpc) is 3.35. The van der Waals surface area contributed by atoms with Crippen LogP contribution in [-0.2, 0) is 32.2 Å². The molecule has 0 heterocycles. The molecule has 3 aromatic rings. The Morgan fingerprint density at radius 2 is 1.40 bits per heavy atom. The Labute approximate surface area is 181 Å². The Morgan fingerprint density at radius 3 is 2.13 bits per heavy atom. The van der Waals surface area contributed by atoms with Gasteiger partial charge in [0, 0.05) is 6.54 Å². The van der Waals surface area contributed by atoms with E-state index in [2.05, 4.69) is 75.1 Å². The second-order valence-electron chi connectivity index (χ2n) is 8.79. The zero-order valence-electron chi connectivity index (χ0n) is 18.9. The summed E-state index contributed by atoms with van der Waals surface area (Å²) in [4.78, 5) is 2.54. The molecule has 0 saturated heterocycles. The first-order chi connectivity index (χ1) is 14.7. The molecule has 0 bridgehead atoms. The van der Waals surface area contributed by atoms with Crippen molar-refractivity contribution in [1.29, 1.82) is 0 Å². The van der Waals surface area contributed by atoms with Gasteiger partial charge in [0.05, 0.1) is 0 Å². The number of rotatable bonds is 6. The van der Waals surface area contributed by atoms with E-state index in [1.165, 1.54) is 22.3 Å². The number of fused-ring (bicyclic) bond motifs is 7. The minimum Gasteiger partial charge on any atom is -0.300 e. The van der Waals surface area contributed by atoms with E-state index in [-0.39, 0.29) is 0 Å². The highest BCUT2D eigenvalue weighted by Gasteiger charge is 2.33. The second kappa shape index (κ2) is 7.71. The molecular formula is C29H33N.